The fourth-order valence-corrected chi connectivity index (χ4v) is 4.50. The Labute approximate surface area is 234 Å². The molecular weight excluding hydrogens is 507 g/mol. The van der Waals surface area contributed by atoms with Crippen molar-refractivity contribution < 1.29 is 13.9 Å². The Morgan fingerprint density at radius 3 is 2.67 bits per heavy atom. The molecule has 8 nitrogen and oxygen atoms in total. The lowest BCUT2D eigenvalue weighted by Crippen LogP contribution is -2.32. The van der Waals surface area contributed by atoms with Crippen LogP contribution in [0.4, 0.5) is 4.39 Å². The number of hydrogen-bond donors (Lipinski definition) is 0. The van der Waals surface area contributed by atoms with Crippen LogP contribution in [0.3, 0.4) is 0 Å². The molecule has 3 heterocycles. The minimum absolute atomic E-state index is 0.126. The van der Waals surface area contributed by atoms with E-state index in [1.807, 2.05) is 43.1 Å². The first-order valence-electron chi connectivity index (χ1n) is 13.2. The smallest absolute Gasteiger partial charge is 0.178 e. The average Bonchev–Trinajstić information content (AvgIpc) is 3.00. The molecule has 9 heteroatoms. The zero-order chi connectivity index (χ0) is 28.5. The zero-order valence-corrected chi connectivity index (χ0v) is 23.0. The van der Waals surface area contributed by atoms with Crippen LogP contribution >= 0.6 is 0 Å². The summed E-state index contributed by atoms with van der Waals surface area (Å²) >= 11 is 0. The van der Waals surface area contributed by atoms with E-state index in [1.54, 1.807) is 30.7 Å². The van der Waals surface area contributed by atoms with Crippen LogP contribution < -0.4 is 4.74 Å². The molecule has 0 unspecified atom stereocenters. The van der Waals surface area contributed by atoms with Crippen LogP contribution in [0.25, 0.3) is 17.0 Å². The van der Waals surface area contributed by atoms with Crippen molar-refractivity contribution in [2.24, 2.45) is 5.92 Å². The van der Waals surface area contributed by atoms with E-state index in [1.165, 1.54) is 6.20 Å². The highest BCUT2D eigenvalue weighted by Crippen LogP contribution is 2.27. The quantitative estimate of drug-likeness (QED) is 0.196. The second-order valence-corrected chi connectivity index (χ2v) is 10.0. The van der Waals surface area contributed by atoms with Gasteiger partial charge in [0, 0.05) is 30.6 Å². The van der Waals surface area contributed by atoms with E-state index < -0.39 is 5.83 Å². The molecule has 0 radical (unpaired) electrons. The molecular formula is C31H33FN6O2. The fraction of sp³-hybridized carbons (Fsp3) is 0.323. The van der Waals surface area contributed by atoms with Gasteiger partial charge in [0.05, 0.1) is 42.4 Å². The maximum Gasteiger partial charge on any atom is 0.178 e. The number of nitriles is 1. The van der Waals surface area contributed by atoms with Gasteiger partial charge in [0.15, 0.2) is 23.7 Å². The van der Waals surface area contributed by atoms with Gasteiger partial charge in [0.2, 0.25) is 0 Å². The Morgan fingerprint density at radius 1 is 1.23 bits per heavy atom. The van der Waals surface area contributed by atoms with E-state index in [9.17, 15) is 14.4 Å². The molecule has 0 amide bonds. The number of pyridine rings is 1. The standard InChI is InChI=1S/C31H33FN6O2/c1-22(38(3)19-27(15-28(32)20-39)30-13-24(16-33)7-10-34-30)25-5-4-6-26(14-25)31-35-17-29(18-36-31)40-21-23-8-11-37(2)12-9-23/h4-7,10,13-15,17-20,22-23H,8-9,11-12,21H2,1-3H3/b27-19+,28-15+/t22-/m1/s1. The van der Waals surface area contributed by atoms with Gasteiger partial charge in [-0.25, -0.2) is 14.4 Å². The lowest BCUT2D eigenvalue weighted by Gasteiger charge is -2.28. The van der Waals surface area contributed by atoms with Gasteiger partial charge in [-0.05, 0) is 75.7 Å². The normalized spacial score (nSPS) is 15.8. The van der Waals surface area contributed by atoms with Gasteiger partial charge < -0.3 is 14.5 Å². The molecule has 2 aromatic heterocycles. The number of piperidine rings is 1. The molecule has 3 aromatic rings. The fourth-order valence-electron chi connectivity index (χ4n) is 4.50. The molecule has 1 saturated heterocycles. The summed E-state index contributed by atoms with van der Waals surface area (Å²) in [5.74, 6) is 0.869. The van der Waals surface area contributed by atoms with E-state index in [0.717, 1.165) is 43.1 Å². The van der Waals surface area contributed by atoms with Crippen LogP contribution in [0.1, 0.15) is 42.6 Å². The van der Waals surface area contributed by atoms with E-state index in [0.29, 0.717) is 40.9 Å². The molecule has 0 N–H and O–H groups in total. The summed E-state index contributed by atoms with van der Waals surface area (Å²) in [6.45, 7) is 4.88. The van der Waals surface area contributed by atoms with E-state index >= 15 is 0 Å². The Kier molecular flexibility index (Phi) is 9.71. The second-order valence-electron chi connectivity index (χ2n) is 10.0. The molecule has 40 heavy (non-hydrogen) atoms. The van der Waals surface area contributed by atoms with Crippen molar-refractivity contribution in [3.63, 3.8) is 0 Å². The van der Waals surface area contributed by atoms with Crippen molar-refractivity contribution in [3.8, 4) is 23.2 Å². The number of aromatic nitrogens is 3. The molecule has 0 aliphatic carbocycles. The number of carbonyl (C=O) groups is 1. The first kappa shape index (κ1) is 28.6. The Bertz CT molecular complexity index is 1410. The molecule has 0 saturated carbocycles. The number of carbonyl (C=O) groups excluding carboxylic acids is 1. The number of nitrogens with zero attached hydrogens (tertiary/aromatic N) is 6. The number of allylic oxidation sites excluding steroid dienone is 3. The Balaban J connectivity index is 1.48. The summed E-state index contributed by atoms with van der Waals surface area (Å²) < 4.78 is 19.9. The van der Waals surface area contributed by atoms with Crippen molar-refractivity contribution in [2.45, 2.75) is 25.8 Å². The van der Waals surface area contributed by atoms with Gasteiger partial charge in [-0.1, -0.05) is 18.2 Å². The molecule has 1 fully saturated rings. The van der Waals surface area contributed by atoms with Crippen molar-refractivity contribution in [1.29, 1.82) is 5.26 Å². The molecule has 1 aliphatic heterocycles. The molecule has 1 aliphatic rings. The van der Waals surface area contributed by atoms with Crippen LogP contribution in [-0.4, -0.2) is 64.8 Å². The van der Waals surface area contributed by atoms with Crippen LogP contribution in [0, 0.1) is 17.2 Å². The lowest BCUT2D eigenvalue weighted by atomic mass is 9.98. The van der Waals surface area contributed by atoms with Crippen molar-refractivity contribution >= 4 is 11.9 Å². The predicted molar refractivity (Wildman–Crippen MR) is 152 cm³/mol. The van der Waals surface area contributed by atoms with Gasteiger partial charge in [-0.3, -0.25) is 9.78 Å². The van der Waals surface area contributed by atoms with Crippen LogP contribution in [0.2, 0.25) is 0 Å². The number of halogens is 1. The highest BCUT2D eigenvalue weighted by molar-refractivity contribution is 5.80. The summed E-state index contributed by atoms with van der Waals surface area (Å²) in [4.78, 5) is 28.5. The molecule has 0 bridgehead atoms. The number of hydrogen-bond acceptors (Lipinski definition) is 8. The summed E-state index contributed by atoms with van der Waals surface area (Å²) in [5, 5.41) is 9.24. The zero-order valence-electron chi connectivity index (χ0n) is 23.0. The third-order valence-corrected chi connectivity index (χ3v) is 7.12. The summed E-state index contributed by atoms with van der Waals surface area (Å²) in [7, 11) is 4.00. The van der Waals surface area contributed by atoms with Crippen molar-refractivity contribution in [2.75, 3.05) is 33.8 Å². The number of ether oxygens (including phenoxy) is 1. The molecule has 0 spiro atoms. The van der Waals surface area contributed by atoms with Gasteiger partial charge in [0.1, 0.15) is 0 Å². The number of aldehydes is 1. The maximum absolute atomic E-state index is 14.0. The summed E-state index contributed by atoms with van der Waals surface area (Å²) in [6, 6.07) is 12.9. The lowest BCUT2D eigenvalue weighted by molar-refractivity contribution is -0.106. The van der Waals surface area contributed by atoms with Crippen LogP contribution in [-0.2, 0) is 4.79 Å². The van der Waals surface area contributed by atoms with Gasteiger partial charge in [-0.15, -0.1) is 0 Å². The molecule has 1 aromatic carbocycles. The van der Waals surface area contributed by atoms with Crippen LogP contribution in [0.5, 0.6) is 5.75 Å². The van der Waals surface area contributed by atoms with Gasteiger partial charge in [0.25, 0.3) is 0 Å². The third-order valence-electron chi connectivity index (χ3n) is 7.12. The van der Waals surface area contributed by atoms with Crippen molar-refractivity contribution in [1.82, 2.24) is 24.8 Å². The monoisotopic (exact) mass is 540 g/mol. The summed E-state index contributed by atoms with van der Waals surface area (Å²) in [6.07, 6.45) is 10.1. The Morgan fingerprint density at radius 2 is 1.98 bits per heavy atom. The van der Waals surface area contributed by atoms with Gasteiger partial charge >= 0.3 is 0 Å². The van der Waals surface area contributed by atoms with Gasteiger partial charge in [-0.2, -0.15) is 5.26 Å². The first-order chi connectivity index (χ1) is 19.4. The Hall–Kier alpha value is -4.42. The van der Waals surface area contributed by atoms with Crippen molar-refractivity contribution in [3.05, 3.63) is 89.9 Å². The largest absolute Gasteiger partial charge is 0.490 e. The topological polar surface area (TPSA) is 95.2 Å². The minimum Gasteiger partial charge on any atom is -0.490 e. The average molecular weight is 541 g/mol. The number of likely N-dealkylation sites (tertiary alicyclic amines) is 1. The predicted octanol–water partition coefficient (Wildman–Crippen LogP) is 5.22. The summed E-state index contributed by atoms with van der Waals surface area (Å²) in [5.41, 5.74) is 2.98. The molecule has 1 atom stereocenters. The highest BCUT2D eigenvalue weighted by atomic mass is 19.1. The van der Waals surface area contributed by atoms with Crippen LogP contribution in [0.15, 0.2) is 73.1 Å². The number of rotatable bonds is 10. The first-order valence-corrected chi connectivity index (χ1v) is 13.2. The van der Waals surface area contributed by atoms with E-state index in [2.05, 4.69) is 33.0 Å². The highest BCUT2D eigenvalue weighted by Gasteiger charge is 2.18. The number of benzene rings is 1. The second kappa shape index (κ2) is 13.6. The maximum atomic E-state index is 14.0. The third kappa shape index (κ3) is 7.58. The van der Waals surface area contributed by atoms with E-state index in [-0.39, 0.29) is 12.3 Å². The molecule has 206 valence electrons. The SMILES string of the molecule is C[C@H](c1cccc(-c2ncc(OCC3CCN(C)CC3)cn2)c1)N(C)/C=C(\C=C(\F)C=O)c1cc(C#N)ccn1. The molecule has 4 rings (SSSR count). The minimum atomic E-state index is -0.936. The van der Waals surface area contributed by atoms with E-state index in [4.69, 9.17) is 4.74 Å².